The Morgan fingerprint density at radius 2 is 2.27 bits per heavy atom. The Bertz CT molecular complexity index is 311. The third-order valence-corrected chi connectivity index (χ3v) is 1.95. The van der Waals surface area contributed by atoms with Gasteiger partial charge in [-0.25, -0.2) is 0 Å². The second-order valence-corrected chi connectivity index (χ2v) is 3.60. The van der Waals surface area contributed by atoms with Crippen molar-refractivity contribution in [1.82, 2.24) is 9.78 Å². The van der Waals surface area contributed by atoms with Gasteiger partial charge in [-0.2, -0.15) is 5.10 Å². The Morgan fingerprint density at radius 3 is 2.73 bits per heavy atom. The van der Waals surface area contributed by atoms with Gasteiger partial charge in [-0.05, 0) is 6.92 Å². The Labute approximate surface area is 89.8 Å². The van der Waals surface area contributed by atoms with Crippen LogP contribution in [0.15, 0.2) is 12.4 Å². The minimum atomic E-state index is -4.59. The molecule has 15 heavy (non-hydrogen) atoms. The van der Waals surface area contributed by atoms with Crippen molar-refractivity contribution >= 4 is 11.6 Å². The van der Waals surface area contributed by atoms with Crippen LogP contribution in [-0.4, -0.2) is 22.7 Å². The van der Waals surface area contributed by atoms with Crippen molar-refractivity contribution in [2.75, 3.05) is 6.61 Å². The maximum atomic E-state index is 11.6. The van der Waals surface area contributed by atoms with Crippen LogP contribution < -0.4 is 0 Å². The van der Waals surface area contributed by atoms with Crippen molar-refractivity contribution in [3.63, 3.8) is 0 Å². The van der Waals surface area contributed by atoms with Crippen LogP contribution in [-0.2, 0) is 11.3 Å². The first-order chi connectivity index (χ1) is 6.88. The molecule has 0 aromatic carbocycles. The second-order valence-electron chi connectivity index (χ2n) is 2.95. The van der Waals surface area contributed by atoms with Gasteiger partial charge in [0.1, 0.15) is 0 Å². The van der Waals surface area contributed by atoms with Crippen LogP contribution in [0.5, 0.6) is 0 Å². The molecule has 0 saturated heterocycles. The van der Waals surface area contributed by atoms with Crippen molar-refractivity contribution in [1.29, 1.82) is 0 Å². The van der Waals surface area contributed by atoms with E-state index in [4.69, 9.17) is 11.6 Å². The molecule has 0 radical (unpaired) electrons. The van der Waals surface area contributed by atoms with Crippen molar-refractivity contribution in [3.05, 3.63) is 18.0 Å². The van der Waals surface area contributed by atoms with Gasteiger partial charge in [0.05, 0.1) is 24.7 Å². The summed E-state index contributed by atoms with van der Waals surface area (Å²) in [5, 5.41) is 3.64. The largest absolute Gasteiger partial charge is 0.522 e. The van der Waals surface area contributed by atoms with Crippen LogP contribution in [0.4, 0.5) is 13.2 Å². The number of hydrogen-bond donors (Lipinski definition) is 0. The summed E-state index contributed by atoms with van der Waals surface area (Å²) in [6.45, 7) is 1.35. The van der Waals surface area contributed by atoms with Crippen LogP contribution in [0.3, 0.4) is 0 Å². The van der Waals surface area contributed by atoms with E-state index in [1.54, 1.807) is 13.1 Å². The van der Waals surface area contributed by atoms with Gasteiger partial charge in [0.2, 0.25) is 0 Å². The molecule has 0 aliphatic rings. The van der Waals surface area contributed by atoms with E-state index >= 15 is 0 Å². The summed E-state index contributed by atoms with van der Waals surface area (Å²) in [6, 6.07) is 0. The Hall–Kier alpha value is -0.750. The first kappa shape index (κ1) is 12.3. The molecule has 1 unspecified atom stereocenters. The molecule has 1 heterocycles. The minimum Gasteiger partial charge on any atom is -0.290 e. The van der Waals surface area contributed by atoms with E-state index in [0.29, 0.717) is 0 Å². The topological polar surface area (TPSA) is 27.1 Å². The normalized spacial score (nSPS) is 14.2. The number of ether oxygens (including phenoxy) is 1. The summed E-state index contributed by atoms with van der Waals surface area (Å²) in [5.74, 6) is 0. The molecular formula is C8H10ClF3N2O. The predicted octanol–water partition coefficient (Wildman–Crippen LogP) is 2.72. The van der Waals surface area contributed by atoms with E-state index in [1.165, 1.54) is 10.9 Å². The van der Waals surface area contributed by atoms with Crippen molar-refractivity contribution in [2.45, 2.75) is 25.2 Å². The third kappa shape index (κ3) is 4.53. The summed E-state index contributed by atoms with van der Waals surface area (Å²) >= 11 is 5.76. The number of alkyl halides is 4. The number of halogens is 4. The molecular weight excluding hydrogens is 233 g/mol. The van der Waals surface area contributed by atoms with Crippen LogP contribution in [0.1, 0.15) is 17.9 Å². The van der Waals surface area contributed by atoms with Crippen molar-refractivity contribution in [3.8, 4) is 0 Å². The SMILES string of the molecule is CC(Cl)c1cnn(CCOC(F)(F)F)c1. The smallest absolute Gasteiger partial charge is 0.290 e. The fraction of sp³-hybridized carbons (Fsp3) is 0.625. The third-order valence-electron chi connectivity index (χ3n) is 1.70. The number of hydrogen-bond acceptors (Lipinski definition) is 2. The fourth-order valence-corrected chi connectivity index (χ4v) is 1.07. The van der Waals surface area contributed by atoms with Gasteiger partial charge in [-0.3, -0.25) is 9.42 Å². The Morgan fingerprint density at radius 1 is 1.60 bits per heavy atom. The van der Waals surface area contributed by atoms with Crippen molar-refractivity contribution < 1.29 is 17.9 Å². The average molecular weight is 243 g/mol. The van der Waals surface area contributed by atoms with Crippen molar-refractivity contribution in [2.24, 2.45) is 0 Å². The molecule has 0 fully saturated rings. The lowest BCUT2D eigenvalue weighted by Gasteiger charge is -2.06. The molecule has 0 bridgehead atoms. The Balaban J connectivity index is 2.38. The van der Waals surface area contributed by atoms with Gasteiger partial charge in [0, 0.05) is 11.8 Å². The number of nitrogens with zero attached hydrogens (tertiary/aromatic N) is 2. The maximum Gasteiger partial charge on any atom is 0.522 e. The molecule has 0 saturated carbocycles. The molecule has 86 valence electrons. The summed E-state index contributed by atoms with van der Waals surface area (Å²) in [4.78, 5) is 0. The molecule has 1 atom stereocenters. The van der Waals surface area contributed by atoms with E-state index in [9.17, 15) is 13.2 Å². The number of aromatic nitrogens is 2. The van der Waals surface area contributed by atoms with Gasteiger partial charge in [-0.15, -0.1) is 24.8 Å². The zero-order valence-corrected chi connectivity index (χ0v) is 8.72. The minimum absolute atomic E-state index is 0.0448. The summed E-state index contributed by atoms with van der Waals surface area (Å²) in [7, 11) is 0. The first-order valence-electron chi connectivity index (χ1n) is 4.25. The van der Waals surface area contributed by atoms with E-state index in [0.717, 1.165) is 5.56 Å². The molecule has 1 aromatic heterocycles. The standard InChI is InChI=1S/C8H10ClF3N2O/c1-6(9)7-4-13-14(5-7)2-3-15-8(10,11)12/h4-6H,2-3H2,1H3. The number of rotatable bonds is 4. The molecule has 7 heteroatoms. The molecule has 0 N–H and O–H groups in total. The molecule has 0 amide bonds. The summed E-state index contributed by atoms with van der Waals surface area (Å²) in [6.07, 6.45) is -1.47. The van der Waals surface area contributed by atoms with Gasteiger partial charge in [0.15, 0.2) is 0 Å². The van der Waals surface area contributed by atoms with Gasteiger partial charge >= 0.3 is 6.36 Å². The first-order valence-corrected chi connectivity index (χ1v) is 4.69. The maximum absolute atomic E-state index is 11.6. The predicted molar refractivity (Wildman–Crippen MR) is 48.5 cm³/mol. The van der Waals surface area contributed by atoms with Crippen LogP contribution in [0.2, 0.25) is 0 Å². The lowest BCUT2D eigenvalue weighted by atomic mass is 10.3. The Kier molecular flexibility index (Phi) is 3.98. The second kappa shape index (κ2) is 4.85. The highest BCUT2D eigenvalue weighted by Crippen LogP contribution is 2.18. The summed E-state index contributed by atoms with van der Waals surface area (Å²) in [5.41, 5.74) is 0.767. The lowest BCUT2D eigenvalue weighted by molar-refractivity contribution is -0.325. The van der Waals surface area contributed by atoms with E-state index in [2.05, 4.69) is 9.84 Å². The quantitative estimate of drug-likeness (QED) is 0.759. The van der Waals surface area contributed by atoms with E-state index in [1.807, 2.05) is 0 Å². The zero-order chi connectivity index (χ0) is 11.5. The van der Waals surface area contributed by atoms with E-state index < -0.39 is 13.0 Å². The molecule has 1 rings (SSSR count). The van der Waals surface area contributed by atoms with Gasteiger partial charge in [-0.1, -0.05) is 0 Å². The lowest BCUT2D eigenvalue weighted by Crippen LogP contribution is -2.17. The highest BCUT2D eigenvalue weighted by molar-refractivity contribution is 6.20. The molecule has 3 nitrogen and oxygen atoms in total. The van der Waals surface area contributed by atoms with Crippen LogP contribution >= 0.6 is 11.6 Å². The highest BCUT2D eigenvalue weighted by Gasteiger charge is 2.28. The molecule has 1 aromatic rings. The van der Waals surface area contributed by atoms with Gasteiger partial charge < -0.3 is 0 Å². The fourth-order valence-electron chi connectivity index (χ4n) is 0.962. The van der Waals surface area contributed by atoms with E-state index in [-0.39, 0.29) is 11.9 Å². The van der Waals surface area contributed by atoms with Crippen LogP contribution in [0.25, 0.3) is 0 Å². The molecule has 0 spiro atoms. The molecule has 0 aliphatic heterocycles. The average Bonchev–Trinajstić information content (AvgIpc) is 2.50. The van der Waals surface area contributed by atoms with Gasteiger partial charge in [0.25, 0.3) is 0 Å². The zero-order valence-electron chi connectivity index (χ0n) is 7.96. The highest BCUT2D eigenvalue weighted by atomic mass is 35.5. The van der Waals surface area contributed by atoms with Crippen LogP contribution in [0, 0.1) is 0 Å². The summed E-state index contributed by atoms with van der Waals surface area (Å²) < 4.78 is 39.8. The molecule has 0 aliphatic carbocycles. The monoisotopic (exact) mass is 242 g/mol.